The summed E-state index contributed by atoms with van der Waals surface area (Å²) < 4.78 is 28.8. The first-order valence-corrected chi connectivity index (χ1v) is 6.78. The molecule has 0 amide bonds. The van der Waals surface area contributed by atoms with Gasteiger partial charge in [-0.3, -0.25) is 0 Å². The second-order valence-electron chi connectivity index (χ2n) is 4.82. The number of halogens is 2. The van der Waals surface area contributed by atoms with Gasteiger partial charge in [-0.15, -0.1) is 0 Å². The predicted molar refractivity (Wildman–Crippen MR) is 83.3 cm³/mol. The molecule has 106 valence electrons. The van der Waals surface area contributed by atoms with E-state index in [1.54, 1.807) is 0 Å². The van der Waals surface area contributed by atoms with Crippen molar-refractivity contribution in [2.45, 2.75) is 6.54 Å². The lowest BCUT2D eigenvalue weighted by molar-refractivity contribution is 0.579. The van der Waals surface area contributed by atoms with E-state index in [1.165, 1.54) is 6.07 Å². The van der Waals surface area contributed by atoms with Crippen molar-refractivity contribution in [3.8, 4) is 0 Å². The molecule has 5 heteroatoms. The minimum absolute atomic E-state index is 0.263. The first kappa shape index (κ1) is 13.7. The van der Waals surface area contributed by atoms with E-state index in [4.69, 9.17) is 18.0 Å². The molecule has 3 aromatic rings. The van der Waals surface area contributed by atoms with Crippen molar-refractivity contribution in [1.82, 2.24) is 4.57 Å². The van der Waals surface area contributed by atoms with Gasteiger partial charge in [-0.1, -0.05) is 12.2 Å². The number of hydrogen-bond acceptors (Lipinski definition) is 1. The molecule has 0 fully saturated rings. The molecule has 2 N–H and O–H groups in total. The number of hydrogen-bond donors (Lipinski definition) is 1. The summed E-state index contributed by atoms with van der Waals surface area (Å²) in [5, 5.41) is 0.956. The number of aromatic nitrogens is 1. The van der Waals surface area contributed by atoms with Gasteiger partial charge in [-0.2, -0.15) is 0 Å². The molecule has 0 radical (unpaired) electrons. The summed E-state index contributed by atoms with van der Waals surface area (Å²) in [7, 11) is 0. The highest BCUT2D eigenvalue weighted by Crippen LogP contribution is 2.20. The fourth-order valence-corrected chi connectivity index (χ4v) is 2.47. The maximum Gasteiger partial charge on any atom is 0.128 e. The standard InChI is InChI=1S/C16H12F2N2S/c17-13-2-3-14(18)12(8-13)9-20-6-5-10-7-11(16(19)21)1-4-15(10)20/h1-8H,9H2,(H2,19,21). The molecule has 0 saturated heterocycles. The maximum atomic E-state index is 13.7. The lowest BCUT2D eigenvalue weighted by Crippen LogP contribution is -2.09. The average Bonchev–Trinajstić information content (AvgIpc) is 2.85. The zero-order chi connectivity index (χ0) is 15.0. The van der Waals surface area contributed by atoms with Gasteiger partial charge < -0.3 is 10.3 Å². The monoisotopic (exact) mass is 302 g/mol. The van der Waals surface area contributed by atoms with Gasteiger partial charge in [0.15, 0.2) is 0 Å². The summed E-state index contributed by atoms with van der Waals surface area (Å²) in [6.07, 6.45) is 1.83. The van der Waals surface area contributed by atoms with Gasteiger partial charge in [0.1, 0.15) is 16.6 Å². The smallest absolute Gasteiger partial charge is 0.128 e. The SMILES string of the molecule is NC(=S)c1ccc2c(ccn2Cc2cc(F)ccc2F)c1. The largest absolute Gasteiger partial charge is 0.389 e. The average molecular weight is 302 g/mol. The Labute approximate surface area is 125 Å². The zero-order valence-corrected chi connectivity index (χ0v) is 11.8. The van der Waals surface area contributed by atoms with Crippen molar-refractivity contribution in [3.63, 3.8) is 0 Å². The molecular weight excluding hydrogens is 290 g/mol. The summed E-state index contributed by atoms with van der Waals surface area (Å²) in [5.74, 6) is -0.864. The fraction of sp³-hybridized carbons (Fsp3) is 0.0625. The normalized spacial score (nSPS) is 11.0. The van der Waals surface area contributed by atoms with Crippen LogP contribution in [-0.4, -0.2) is 9.56 Å². The van der Waals surface area contributed by atoms with E-state index in [-0.39, 0.29) is 6.54 Å². The molecule has 0 saturated carbocycles. The van der Waals surface area contributed by atoms with Crippen molar-refractivity contribution < 1.29 is 8.78 Å². The van der Waals surface area contributed by atoms with Crippen LogP contribution in [0.25, 0.3) is 10.9 Å². The van der Waals surface area contributed by atoms with Gasteiger partial charge in [0.05, 0.1) is 6.54 Å². The van der Waals surface area contributed by atoms with Crippen LogP contribution in [0.1, 0.15) is 11.1 Å². The van der Waals surface area contributed by atoms with E-state index in [1.807, 2.05) is 35.0 Å². The Bertz CT molecular complexity index is 839. The van der Waals surface area contributed by atoms with Gasteiger partial charge in [0.2, 0.25) is 0 Å². The van der Waals surface area contributed by atoms with Crippen LogP contribution in [0.3, 0.4) is 0 Å². The van der Waals surface area contributed by atoms with Crippen LogP contribution >= 0.6 is 12.2 Å². The molecule has 2 nitrogen and oxygen atoms in total. The Kier molecular flexibility index (Phi) is 3.43. The molecule has 21 heavy (non-hydrogen) atoms. The highest BCUT2D eigenvalue weighted by Gasteiger charge is 2.08. The number of benzene rings is 2. The summed E-state index contributed by atoms with van der Waals surface area (Å²) >= 11 is 4.95. The van der Waals surface area contributed by atoms with Crippen molar-refractivity contribution in [1.29, 1.82) is 0 Å². The van der Waals surface area contributed by atoms with Crippen molar-refractivity contribution >= 4 is 28.1 Å². The van der Waals surface area contributed by atoms with Crippen molar-refractivity contribution in [2.24, 2.45) is 5.73 Å². The van der Waals surface area contributed by atoms with Crippen molar-refractivity contribution in [2.75, 3.05) is 0 Å². The number of nitrogens with two attached hydrogens (primary N) is 1. The van der Waals surface area contributed by atoms with E-state index in [2.05, 4.69) is 0 Å². The molecule has 0 aliphatic rings. The van der Waals surface area contributed by atoms with Gasteiger partial charge in [0, 0.05) is 28.2 Å². The maximum absolute atomic E-state index is 13.7. The van der Waals surface area contributed by atoms with Crippen LogP contribution in [0.15, 0.2) is 48.7 Å². The Hall–Kier alpha value is -2.27. The number of fused-ring (bicyclic) bond motifs is 1. The lowest BCUT2D eigenvalue weighted by atomic mass is 10.1. The van der Waals surface area contributed by atoms with Gasteiger partial charge >= 0.3 is 0 Å². The summed E-state index contributed by atoms with van der Waals surface area (Å²) in [6, 6.07) is 10.9. The molecule has 2 aromatic carbocycles. The molecule has 0 aliphatic heterocycles. The molecule has 1 heterocycles. The molecule has 0 spiro atoms. The molecule has 0 atom stereocenters. The third-order valence-electron chi connectivity index (χ3n) is 3.40. The molecule has 1 aromatic heterocycles. The first-order chi connectivity index (χ1) is 10.0. The third kappa shape index (κ3) is 2.64. The van der Waals surface area contributed by atoms with Crippen LogP contribution in [0.2, 0.25) is 0 Å². The van der Waals surface area contributed by atoms with E-state index >= 15 is 0 Å². The fourth-order valence-electron chi connectivity index (χ4n) is 2.34. The summed E-state index contributed by atoms with van der Waals surface area (Å²) in [5.41, 5.74) is 7.62. The van der Waals surface area contributed by atoms with Gasteiger partial charge in [0.25, 0.3) is 0 Å². The zero-order valence-electron chi connectivity index (χ0n) is 11.0. The minimum atomic E-state index is -0.446. The number of rotatable bonds is 3. The van der Waals surface area contributed by atoms with Crippen LogP contribution < -0.4 is 5.73 Å². The van der Waals surface area contributed by atoms with E-state index in [0.717, 1.165) is 28.6 Å². The summed E-state index contributed by atoms with van der Waals surface area (Å²) in [4.78, 5) is 0.334. The molecule has 0 aliphatic carbocycles. The topological polar surface area (TPSA) is 30.9 Å². The van der Waals surface area contributed by atoms with E-state index in [9.17, 15) is 8.78 Å². The number of thiocarbonyl (C=S) groups is 1. The molecule has 3 rings (SSSR count). The van der Waals surface area contributed by atoms with E-state index < -0.39 is 11.6 Å². The second kappa shape index (κ2) is 5.26. The second-order valence-corrected chi connectivity index (χ2v) is 5.26. The van der Waals surface area contributed by atoms with Gasteiger partial charge in [-0.25, -0.2) is 8.78 Å². The lowest BCUT2D eigenvalue weighted by Gasteiger charge is -2.08. The Morgan fingerprint density at radius 3 is 2.67 bits per heavy atom. The first-order valence-electron chi connectivity index (χ1n) is 6.37. The predicted octanol–water partition coefficient (Wildman–Crippen LogP) is 3.60. The molecule has 0 bridgehead atoms. The Morgan fingerprint density at radius 1 is 1.10 bits per heavy atom. The summed E-state index contributed by atoms with van der Waals surface area (Å²) in [6.45, 7) is 0.263. The van der Waals surface area contributed by atoms with Gasteiger partial charge in [-0.05, 0) is 42.5 Å². The van der Waals surface area contributed by atoms with Crippen LogP contribution in [0.4, 0.5) is 8.78 Å². The van der Waals surface area contributed by atoms with Crippen LogP contribution in [-0.2, 0) is 6.54 Å². The third-order valence-corrected chi connectivity index (χ3v) is 3.64. The van der Waals surface area contributed by atoms with E-state index in [0.29, 0.717) is 10.6 Å². The molecular formula is C16H12F2N2S. The Balaban J connectivity index is 2.01. The quantitative estimate of drug-likeness (QED) is 0.749. The highest BCUT2D eigenvalue weighted by atomic mass is 32.1. The van der Waals surface area contributed by atoms with Crippen LogP contribution in [0, 0.1) is 11.6 Å². The van der Waals surface area contributed by atoms with Crippen molar-refractivity contribution in [3.05, 3.63) is 71.4 Å². The molecule has 0 unspecified atom stereocenters. The van der Waals surface area contributed by atoms with Crippen LogP contribution in [0.5, 0.6) is 0 Å². The highest BCUT2D eigenvalue weighted by molar-refractivity contribution is 7.80. The number of nitrogens with zero attached hydrogens (tertiary/aromatic N) is 1. The Morgan fingerprint density at radius 2 is 1.90 bits per heavy atom. The minimum Gasteiger partial charge on any atom is -0.389 e.